The number of halogens is 1. The molecule has 0 aliphatic rings. The highest BCUT2D eigenvalue weighted by molar-refractivity contribution is 7.19. The maximum atomic E-state index is 13.6. The minimum absolute atomic E-state index is 0.0900. The van der Waals surface area contributed by atoms with Crippen molar-refractivity contribution >= 4 is 33.7 Å². The summed E-state index contributed by atoms with van der Waals surface area (Å²) in [5.41, 5.74) is 1.14. The molecule has 5 nitrogen and oxygen atoms in total. The summed E-state index contributed by atoms with van der Waals surface area (Å²) < 4.78 is 18.4. The van der Waals surface area contributed by atoms with Gasteiger partial charge in [0.2, 0.25) is 5.13 Å². The monoisotopic (exact) mass is 335 g/mol. The normalized spacial score (nSPS) is 10.5. The number of benzene rings is 1. The van der Waals surface area contributed by atoms with Crippen molar-refractivity contribution in [2.75, 3.05) is 12.4 Å². The molecule has 8 heteroatoms. The molecule has 0 aliphatic heterocycles. The lowest BCUT2D eigenvalue weighted by molar-refractivity contribution is 0.102. The van der Waals surface area contributed by atoms with Gasteiger partial charge in [-0.1, -0.05) is 11.3 Å². The topological polar surface area (TPSA) is 64.1 Å². The van der Waals surface area contributed by atoms with Crippen molar-refractivity contribution in [2.24, 2.45) is 0 Å². The Kier molecular flexibility index (Phi) is 4.12. The van der Waals surface area contributed by atoms with Gasteiger partial charge in [-0.3, -0.25) is 10.1 Å². The molecule has 1 amide bonds. The smallest absolute Gasteiger partial charge is 0.257 e. The minimum atomic E-state index is -0.591. The van der Waals surface area contributed by atoms with Crippen molar-refractivity contribution in [3.8, 4) is 16.3 Å². The fraction of sp³-hybridized carbons (Fsp3) is 0.0714. The van der Waals surface area contributed by atoms with E-state index in [0.29, 0.717) is 5.13 Å². The Hall–Kier alpha value is -2.32. The van der Waals surface area contributed by atoms with Crippen LogP contribution in [0, 0.1) is 5.82 Å². The van der Waals surface area contributed by atoms with Gasteiger partial charge in [-0.05, 0) is 29.6 Å². The molecule has 112 valence electrons. The van der Waals surface area contributed by atoms with Gasteiger partial charge in [0.15, 0.2) is 11.6 Å². The lowest BCUT2D eigenvalue weighted by Crippen LogP contribution is -2.12. The molecule has 2 heterocycles. The van der Waals surface area contributed by atoms with Gasteiger partial charge >= 0.3 is 0 Å². The average molecular weight is 335 g/mol. The van der Waals surface area contributed by atoms with Gasteiger partial charge in [-0.2, -0.15) is 11.3 Å². The molecule has 0 saturated carbocycles. The summed E-state index contributed by atoms with van der Waals surface area (Å²) in [5.74, 6) is -0.951. The molecular weight excluding hydrogens is 325 g/mol. The van der Waals surface area contributed by atoms with Crippen molar-refractivity contribution in [1.29, 1.82) is 0 Å². The number of thiophene rings is 1. The molecule has 0 aliphatic carbocycles. The second-order valence-electron chi connectivity index (χ2n) is 4.23. The van der Waals surface area contributed by atoms with E-state index in [0.717, 1.165) is 16.6 Å². The van der Waals surface area contributed by atoms with E-state index < -0.39 is 11.7 Å². The number of rotatable bonds is 4. The van der Waals surface area contributed by atoms with Gasteiger partial charge in [0.1, 0.15) is 5.01 Å². The Morgan fingerprint density at radius 1 is 1.32 bits per heavy atom. The van der Waals surface area contributed by atoms with Gasteiger partial charge in [-0.25, -0.2) is 4.39 Å². The van der Waals surface area contributed by atoms with Crippen LogP contribution < -0.4 is 10.1 Å². The summed E-state index contributed by atoms with van der Waals surface area (Å²) in [6.45, 7) is 0. The highest BCUT2D eigenvalue weighted by Gasteiger charge is 2.13. The van der Waals surface area contributed by atoms with Crippen molar-refractivity contribution in [3.05, 3.63) is 46.4 Å². The second kappa shape index (κ2) is 6.20. The highest BCUT2D eigenvalue weighted by atomic mass is 32.1. The number of carbonyl (C=O) groups is 1. The third kappa shape index (κ3) is 2.97. The van der Waals surface area contributed by atoms with E-state index in [1.807, 2.05) is 16.8 Å². The van der Waals surface area contributed by atoms with Crippen LogP contribution in [-0.2, 0) is 0 Å². The van der Waals surface area contributed by atoms with Gasteiger partial charge < -0.3 is 4.74 Å². The molecule has 1 N–H and O–H groups in total. The van der Waals surface area contributed by atoms with Crippen LogP contribution in [0.5, 0.6) is 5.75 Å². The first-order valence-electron chi connectivity index (χ1n) is 6.18. The quantitative estimate of drug-likeness (QED) is 0.790. The molecular formula is C14H10FN3O2S2. The van der Waals surface area contributed by atoms with Gasteiger partial charge in [0, 0.05) is 16.5 Å². The van der Waals surface area contributed by atoms with E-state index in [2.05, 4.69) is 15.5 Å². The SMILES string of the molecule is COc1ccc(C(=O)Nc2nnc(-c3ccsc3)s2)cc1F. The van der Waals surface area contributed by atoms with Crippen LogP contribution in [0.4, 0.5) is 9.52 Å². The number of nitrogens with one attached hydrogen (secondary N) is 1. The number of anilines is 1. The second-order valence-corrected chi connectivity index (χ2v) is 5.99. The predicted octanol–water partition coefficient (Wildman–Crippen LogP) is 3.67. The number of aromatic nitrogens is 2. The largest absolute Gasteiger partial charge is 0.494 e. The van der Waals surface area contributed by atoms with Gasteiger partial charge in [0.05, 0.1) is 7.11 Å². The van der Waals surface area contributed by atoms with E-state index >= 15 is 0 Å². The standard InChI is InChI=1S/C14H10FN3O2S2/c1-20-11-3-2-8(6-10(11)15)12(19)16-14-18-17-13(22-14)9-4-5-21-7-9/h2-7H,1H3,(H,16,18,19). The molecule has 0 bridgehead atoms. The summed E-state index contributed by atoms with van der Waals surface area (Å²) in [7, 11) is 1.37. The van der Waals surface area contributed by atoms with E-state index in [9.17, 15) is 9.18 Å². The van der Waals surface area contributed by atoms with Crippen molar-refractivity contribution < 1.29 is 13.9 Å². The first kappa shape index (κ1) is 14.6. The lowest BCUT2D eigenvalue weighted by Gasteiger charge is -2.04. The molecule has 0 radical (unpaired) electrons. The molecule has 0 fully saturated rings. The molecule has 0 unspecified atom stereocenters. The van der Waals surface area contributed by atoms with Crippen molar-refractivity contribution in [3.63, 3.8) is 0 Å². The Morgan fingerprint density at radius 3 is 2.86 bits per heavy atom. The Labute approximate surface area is 133 Å². The summed E-state index contributed by atoms with van der Waals surface area (Å²) in [6.07, 6.45) is 0. The molecule has 22 heavy (non-hydrogen) atoms. The van der Waals surface area contributed by atoms with Gasteiger partial charge in [0.25, 0.3) is 5.91 Å². The minimum Gasteiger partial charge on any atom is -0.494 e. The Morgan fingerprint density at radius 2 is 2.18 bits per heavy atom. The summed E-state index contributed by atoms with van der Waals surface area (Å²) in [5, 5.41) is 15.5. The zero-order valence-electron chi connectivity index (χ0n) is 11.4. The van der Waals surface area contributed by atoms with Crippen LogP contribution >= 0.6 is 22.7 Å². The van der Waals surface area contributed by atoms with E-state index in [1.54, 1.807) is 11.3 Å². The molecule has 2 aromatic heterocycles. The molecule has 3 rings (SSSR count). The summed E-state index contributed by atoms with van der Waals surface area (Å²) >= 11 is 2.82. The number of methoxy groups -OCH3 is 1. The van der Waals surface area contributed by atoms with Crippen LogP contribution in [0.1, 0.15) is 10.4 Å². The number of hydrogen-bond acceptors (Lipinski definition) is 6. The van der Waals surface area contributed by atoms with E-state index in [4.69, 9.17) is 4.74 Å². The van der Waals surface area contributed by atoms with E-state index in [-0.39, 0.29) is 11.3 Å². The molecule has 0 spiro atoms. The van der Waals surface area contributed by atoms with Gasteiger partial charge in [-0.15, -0.1) is 10.2 Å². The zero-order valence-corrected chi connectivity index (χ0v) is 13.0. The molecule has 0 atom stereocenters. The highest BCUT2D eigenvalue weighted by Crippen LogP contribution is 2.28. The molecule has 1 aromatic carbocycles. The first-order valence-corrected chi connectivity index (χ1v) is 7.94. The number of ether oxygens (including phenoxy) is 1. The number of hydrogen-bond donors (Lipinski definition) is 1. The van der Waals surface area contributed by atoms with Crippen LogP contribution in [0.15, 0.2) is 35.0 Å². The summed E-state index contributed by atoms with van der Waals surface area (Å²) in [4.78, 5) is 12.1. The van der Waals surface area contributed by atoms with Crippen LogP contribution in [-0.4, -0.2) is 23.2 Å². The Balaban J connectivity index is 1.76. The van der Waals surface area contributed by atoms with Crippen LogP contribution in [0.2, 0.25) is 0 Å². The third-order valence-electron chi connectivity index (χ3n) is 2.83. The first-order chi connectivity index (χ1) is 10.7. The van der Waals surface area contributed by atoms with Crippen LogP contribution in [0.3, 0.4) is 0 Å². The van der Waals surface area contributed by atoms with Crippen LogP contribution in [0.25, 0.3) is 10.6 Å². The number of nitrogens with zero attached hydrogens (tertiary/aromatic N) is 2. The predicted molar refractivity (Wildman–Crippen MR) is 84.1 cm³/mol. The average Bonchev–Trinajstić information content (AvgIpc) is 3.17. The Bertz CT molecular complexity index is 802. The molecule has 0 saturated heterocycles. The maximum Gasteiger partial charge on any atom is 0.257 e. The lowest BCUT2D eigenvalue weighted by atomic mass is 10.2. The number of carbonyl (C=O) groups excluding carboxylic acids is 1. The number of amides is 1. The van der Waals surface area contributed by atoms with Crippen molar-refractivity contribution in [2.45, 2.75) is 0 Å². The van der Waals surface area contributed by atoms with Crippen molar-refractivity contribution in [1.82, 2.24) is 10.2 Å². The molecule has 3 aromatic rings. The van der Waals surface area contributed by atoms with E-state index in [1.165, 1.54) is 30.6 Å². The fourth-order valence-electron chi connectivity index (χ4n) is 1.75. The zero-order chi connectivity index (χ0) is 15.5. The maximum absolute atomic E-state index is 13.6. The summed E-state index contributed by atoms with van der Waals surface area (Å²) in [6, 6.07) is 5.93. The third-order valence-corrected chi connectivity index (χ3v) is 4.40. The fourth-order valence-corrected chi connectivity index (χ4v) is 3.20.